The zero-order chi connectivity index (χ0) is 16.7. The van der Waals surface area contributed by atoms with Crippen molar-refractivity contribution in [1.29, 1.82) is 0 Å². The van der Waals surface area contributed by atoms with E-state index in [1.807, 2.05) is 6.92 Å². The summed E-state index contributed by atoms with van der Waals surface area (Å²) in [5.74, 6) is -0.684. The molecule has 0 unspecified atom stereocenters. The van der Waals surface area contributed by atoms with E-state index in [-0.39, 0.29) is 11.7 Å². The molecule has 1 aliphatic heterocycles. The standard InChI is InChI=1S/C18H27FN2O2/c1-2-21(14-13-20-11-5-3-4-6-12-20)18(23)17(22)15-7-9-16(19)10-8-15/h7-10,17,22H,2-6,11-14H2,1H3/t17-/m1/s1. The first-order valence-electron chi connectivity index (χ1n) is 8.56. The SMILES string of the molecule is CCN(CCN1CCCCCC1)C(=O)[C@H](O)c1ccc(F)cc1. The van der Waals surface area contributed by atoms with Crippen LogP contribution in [0.1, 0.15) is 44.3 Å². The minimum absolute atomic E-state index is 0.311. The van der Waals surface area contributed by atoms with Gasteiger partial charge in [0.15, 0.2) is 6.10 Å². The molecule has 23 heavy (non-hydrogen) atoms. The molecule has 1 saturated heterocycles. The number of amides is 1. The molecule has 0 spiro atoms. The fraction of sp³-hybridized carbons (Fsp3) is 0.611. The smallest absolute Gasteiger partial charge is 0.256 e. The molecule has 0 radical (unpaired) electrons. The molecular weight excluding hydrogens is 295 g/mol. The van der Waals surface area contributed by atoms with Crippen LogP contribution in [-0.2, 0) is 4.79 Å². The van der Waals surface area contributed by atoms with Gasteiger partial charge in [-0.15, -0.1) is 0 Å². The first kappa shape index (κ1) is 17.9. The van der Waals surface area contributed by atoms with Gasteiger partial charge in [-0.05, 0) is 50.6 Å². The van der Waals surface area contributed by atoms with Crippen molar-refractivity contribution in [3.05, 3.63) is 35.6 Å². The lowest BCUT2D eigenvalue weighted by molar-refractivity contribution is -0.140. The molecule has 1 atom stereocenters. The summed E-state index contributed by atoms with van der Waals surface area (Å²) in [6.45, 7) is 6.12. The molecule has 1 fully saturated rings. The number of benzene rings is 1. The van der Waals surface area contributed by atoms with Crippen LogP contribution in [0.5, 0.6) is 0 Å². The molecule has 2 rings (SSSR count). The normalized spacial score (nSPS) is 17.5. The predicted molar refractivity (Wildman–Crippen MR) is 88.5 cm³/mol. The maximum Gasteiger partial charge on any atom is 0.256 e. The summed E-state index contributed by atoms with van der Waals surface area (Å²) < 4.78 is 13.0. The molecule has 128 valence electrons. The van der Waals surface area contributed by atoms with Gasteiger partial charge >= 0.3 is 0 Å². The molecule has 0 bridgehead atoms. The van der Waals surface area contributed by atoms with Crippen LogP contribution in [0.25, 0.3) is 0 Å². The van der Waals surface area contributed by atoms with Crippen molar-refractivity contribution >= 4 is 5.91 Å². The van der Waals surface area contributed by atoms with Crippen molar-refractivity contribution in [2.45, 2.75) is 38.7 Å². The van der Waals surface area contributed by atoms with Gasteiger partial charge < -0.3 is 14.9 Å². The average Bonchev–Trinajstić information content (AvgIpc) is 2.84. The predicted octanol–water partition coefficient (Wildman–Crippen LogP) is 2.58. The third-order valence-electron chi connectivity index (χ3n) is 4.50. The second kappa shape index (κ2) is 8.99. The Kier molecular flexibility index (Phi) is 6.99. The minimum Gasteiger partial charge on any atom is -0.378 e. The van der Waals surface area contributed by atoms with Crippen LogP contribution in [0.4, 0.5) is 4.39 Å². The maximum absolute atomic E-state index is 13.0. The van der Waals surface area contributed by atoms with Gasteiger partial charge in [0.05, 0.1) is 0 Å². The van der Waals surface area contributed by atoms with Crippen LogP contribution in [0.15, 0.2) is 24.3 Å². The summed E-state index contributed by atoms with van der Waals surface area (Å²) >= 11 is 0. The second-order valence-electron chi connectivity index (χ2n) is 6.13. The minimum atomic E-state index is -1.22. The van der Waals surface area contributed by atoms with Gasteiger partial charge in [-0.1, -0.05) is 25.0 Å². The Bertz CT molecular complexity index is 484. The van der Waals surface area contributed by atoms with Gasteiger partial charge in [-0.25, -0.2) is 4.39 Å². The lowest BCUT2D eigenvalue weighted by Crippen LogP contribution is -2.41. The van der Waals surface area contributed by atoms with Crippen LogP contribution >= 0.6 is 0 Å². The Morgan fingerprint density at radius 2 is 1.83 bits per heavy atom. The molecule has 0 aromatic heterocycles. The highest BCUT2D eigenvalue weighted by Gasteiger charge is 2.23. The second-order valence-corrected chi connectivity index (χ2v) is 6.13. The topological polar surface area (TPSA) is 43.8 Å². The number of aliphatic hydroxyl groups is 1. The number of hydrogen-bond acceptors (Lipinski definition) is 3. The van der Waals surface area contributed by atoms with E-state index in [2.05, 4.69) is 4.90 Å². The molecule has 0 saturated carbocycles. The zero-order valence-corrected chi connectivity index (χ0v) is 13.9. The van der Waals surface area contributed by atoms with Crippen molar-refractivity contribution < 1.29 is 14.3 Å². The zero-order valence-electron chi connectivity index (χ0n) is 13.9. The molecule has 5 heteroatoms. The largest absolute Gasteiger partial charge is 0.378 e. The Labute approximate surface area is 137 Å². The van der Waals surface area contributed by atoms with Gasteiger partial charge in [0.1, 0.15) is 5.82 Å². The Morgan fingerprint density at radius 1 is 1.22 bits per heavy atom. The quantitative estimate of drug-likeness (QED) is 0.875. The number of halogens is 1. The van der Waals surface area contributed by atoms with E-state index in [4.69, 9.17) is 0 Å². The van der Waals surface area contributed by atoms with Crippen molar-refractivity contribution in [3.8, 4) is 0 Å². The summed E-state index contributed by atoms with van der Waals surface area (Å²) in [6.07, 6.45) is 3.79. The van der Waals surface area contributed by atoms with Gasteiger partial charge in [-0.3, -0.25) is 4.79 Å². The molecule has 1 aromatic rings. The number of hydrogen-bond donors (Lipinski definition) is 1. The van der Waals surface area contributed by atoms with E-state index in [1.165, 1.54) is 49.9 Å². The van der Waals surface area contributed by atoms with E-state index < -0.39 is 6.10 Å². The van der Waals surface area contributed by atoms with Crippen LogP contribution in [-0.4, -0.2) is 53.5 Å². The van der Waals surface area contributed by atoms with Crippen LogP contribution < -0.4 is 0 Å². The summed E-state index contributed by atoms with van der Waals surface area (Å²) in [5.41, 5.74) is 0.435. The fourth-order valence-corrected chi connectivity index (χ4v) is 3.01. The molecule has 4 nitrogen and oxygen atoms in total. The van der Waals surface area contributed by atoms with Crippen molar-refractivity contribution in [1.82, 2.24) is 9.80 Å². The summed E-state index contributed by atoms with van der Waals surface area (Å²) in [4.78, 5) is 16.5. The average molecular weight is 322 g/mol. The summed E-state index contributed by atoms with van der Waals surface area (Å²) in [5, 5.41) is 10.2. The number of rotatable bonds is 6. The molecule has 0 aliphatic carbocycles. The van der Waals surface area contributed by atoms with E-state index in [9.17, 15) is 14.3 Å². The third kappa shape index (κ3) is 5.29. The van der Waals surface area contributed by atoms with E-state index in [0.717, 1.165) is 19.6 Å². The molecular formula is C18H27FN2O2. The highest BCUT2D eigenvalue weighted by Crippen LogP contribution is 2.17. The molecule has 1 amide bonds. The van der Waals surface area contributed by atoms with Crippen LogP contribution in [0.2, 0.25) is 0 Å². The highest BCUT2D eigenvalue weighted by molar-refractivity contribution is 5.82. The van der Waals surface area contributed by atoms with E-state index in [1.54, 1.807) is 4.90 Å². The van der Waals surface area contributed by atoms with Crippen molar-refractivity contribution in [2.75, 3.05) is 32.7 Å². The third-order valence-corrected chi connectivity index (χ3v) is 4.50. The summed E-state index contributed by atoms with van der Waals surface area (Å²) in [7, 11) is 0. The Hall–Kier alpha value is -1.46. The lowest BCUT2D eigenvalue weighted by atomic mass is 10.1. The monoisotopic (exact) mass is 322 g/mol. The van der Waals surface area contributed by atoms with Gasteiger partial charge in [0.2, 0.25) is 0 Å². The number of nitrogens with zero attached hydrogens (tertiary/aromatic N) is 2. The van der Waals surface area contributed by atoms with Crippen molar-refractivity contribution in [3.63, 3.8) is 0 Å². The molecule has 1 aromatic carbocycles. The first-order chi connectivity index (χ1) is 11.1. The number of likely N-dealkylation sites (N-methyl/N-ethyl adjacent to an activating group) is 1. The highest BCUT2D eigenvalue weighted by atomic mass is 19.1. The number of likely N-dealkylation sites (tertiary alicyclic amines) is 1. The van der Waals surface area contributed by atoms with Crippen LogP contribution in [0.3, 0.4) is 0 Å². The number of carbonyl (C=O) groups is 1. The Balaban J connectivity index is 1.90. The first-order valence-corrected chi connectivity index (χ1v) is 8.56. The molecule has 1 heterocycles. The van der Waals surface area contributed by atoms with E-state index in [0.29, 0.717) is 18.7 Å². The van der Waals surface area contributed by atoms with Crippen molar-refractivity contribution in [2.24, 2.45) is 0 Å². The van der Waals surface area contributed by atoms with Gasteiger partial charge in [0, 0.05) is 19.6 Å². The molecule has 1 N–H and O–H groups in total. The van der Waals surface area contributed by atoms with Gasteiger partial charge in [-0.2, -0.15) is 0 Å². The lowest BCUT2D eigenvalue weighted by Gasteiger charge is -2.27. The van der Waals surface area contributed by atoms with E-state index >= 15 is 0 Å². The fourth-order valence-electron chi connectivity index (χ4n) is 3.01. The molecule has 1 aliphatic rings. The number of carbonyl (C=O) groups excluding carboxylic acids is 1. The maximum atomic E-state index is 13.0. The number of aliphatic hydroxyl groups excluding tert-OH is 1. The van der Waals surface area contributed by atoms with Crippen LogP contribution in [0, 0.1) is 5.82 Å². The Morgan fingerprint density at radius 3 is 2.39 bits per heavy atom. The summed E-state index contributed by atoms with van der Waals surface area (Å²) in [6, 6.07) is 5.44. The van der Waals surface area contributed by atoms with Gasteiger partial charge in [0.25, 0.3) is 5.91 Å².